The number of fused-ring (bicyclic) bond motifs is 2. The first-order chi connectivity index (χ1) is 16.8. The number of allylic oxidation sites excluding steroid dienone is 1. The number of phenolic OH excluding ortho intramolecular Hbond substituents is 1. The molecular formula is C24H18I2N2O6S. The van der Waals surface area contributed by atoms with E-state index in [1.807, 2.05) is 6.07 Å². The lowest BCUT2D eigenvalue weighted by Crippen LogP contribution is -2.39. The summed E-state index contributed by atoms with van der Waals surface area (Å²) in [7, 11) is 0. The largest absolute Gasteiger partial charge is 0.506 e. The van der Waals surface area contributed by atoms with E-state index in [-0.39, 0.29) is 30.3 Å². The molecule has 3 aromatic rings. The van der Waals surface area contributed by atoms with Crippen LogP contribution in [0.15, 0.2) is 51.4 Å². The Morgan fingerprint density at radius 3 is 2.83 bits per heavy atom. The number of halogens is 2. The summed E-state index contributed by atoms with van der Waals surface area (Å²) < 4.78 is 19.8. The van der Waals surface area contributed by atoms with E-state index >= 15 is 0 Å². The Morgan fingerprint density at radius 1 is 1.29 bits per heavy atom. The molecule has 0 fully saturated rings. The molecule has 0 radical (unpaired) electrons. The van der Waals surface area contributed by atoms with Gasteiger partial charge in [-0.15, -0.1) is 0 Å². The predicted molar refractivity (Wildman–Crippen MR) is 147 cm³/mol. The molecule has 0 amide bonds. The molecule has 5 rings (SSSR count). The molecule has 2 aromatic carbocycles. The van der Waals surface area contributed by atoms with Gasteiger partial charge in [0.2, 0.25) is 6.79 Å². The lowest BCUT2D eigenvalue weighted by Gasteiger charge is -2.24. The maximum atomic E-state index is 13.7. The molecule has 0 aliphatic carbocycles. The number of hydrogen-bond donors (Lipinski definition) is 1. The van der Waals surface area contributed by atoms with Crippen molar-refractivity contribution in [3.63, 3.8) is 0 Å². The molecule has 35 heavy (non-hydrogen) atoms. The summed E-state index contributed by atoms with van der Waals surface area (Å²) in [5.41, 5.74) is 1.65. The zero-order valence-electron chi connectivity index (χ0n) is 18.5. The number of thiazole rings is 1. The quantitative estimate of drug-likeness (QED) is 0.329. The minimum atomic E-state index is -0.758. The third kappa shape index (κ3) is 4.37. The molecule has 0 unspecified atom stereocenters. The Labute approximate surface area is 230 Å². The minimum Gasteiger partial charge on any atom is -0.506 e. The van der Waals surface area contributed by atoms with Gasteiger partial charge in [0.1, 0.15) is 5.75 Å². The van der Waals surface area contributed by atoms with Gasteiger partial charge in [0.25, 0.3) is 5.56 Å². The number of ether oxygens (including phenoxy) is 3. The van der Waals surface area contributed by atoms with E-state index in [1.165, 1.54) is 15.9 Å². The molecule has 2 aliphatic heterocycles. The van der Waals surface area contributed by atoms with Gasteiger partial charge >= 0.3 is 5.97 Å². The fourth-order valence-corrected chi connectivity index (χ4v) is 6.95. The topological polar surface area (TPSA) is 99.4 Å². The lowest BCUT2D eigenvalue weighted by atomic mass is 9.95. The zero-order chi connectivity index (χ0) is 24.9. The third-order valence-corrected chi connectivity index (χ3v) is 8.00. The van der Waals surface area contributed by atoms with Gasteiger partial charge in [-0.05, 0) is 94.9 Å². The second kappa shape index (κ2) is 9.58. The molecule has 1 N–H and O–H groups in total. The number of rotatable bonds is 4. The van der Waals surface area contributed by atoms with Gasteiger partial charge < -0.3 is 19.3 Å². The normalized spacial score (nSPS) is 16.8. The number of nitrogens with zero attached hydrogens (tertiary/aromatic N) is 2. The number of benzene rings is 2. The Kier molecular flexibility index (Phi) is 6.65. The number of aromatic hydroxyl groups is 1. The van der Waals surface area contributed by atoms with Crippen molar-refractivity contribution in [1.29, 1.82) is 0 Å². The summed E-state index contributed by atoms with van der Waals surface area (Å²) >= 11 is 5.42. The fourth-order valence-electron chi connectivity index (χ4n) is 4.03. The van der Waals surface area contributed by atoms with Crippen molar-refractivity contribution in [2.24, 2.45) is 4.99 Å². The first kappa shape index (κ1) is 24.3. The molecule has 3 heterocycles. The van der Waals surface area contributed by atoms with Crippen LogP contribution in [0.4, 0.5) is 0 Å². The number of hydrogen-bond acceptors (Lipinski definition) is 8. The molecule has 1 aromatic heterocycles. The first-order valence-corrected chi connectivity index (χ1v) is 13.5. The summed E-state index contributed by atoms with van der Waals surface area (Å²) in [4.78, 5) is 31.8. The maximum absolute atomic E-state index is 13.7. The molecule has 180 valence electrons. The van der Waals surface area contributed by atoms with Gasteiger partial charge in [0.05, 0.1) is 32.0 Å². The number of carbonyl (C=O) groups excluding carboxylic acids is 1. The molecule has 0 bridgehead atoms. The predicted octanol–water partition coefficient (Wildman–Crippen LogP) is 3.44. The average molecular weight is 716 g/mol. The summed E-state index contributed by atoms with van der Waals surface area (Å²) in [5.74, 6) is 0.715. The molecule has 0 spiro atoms. The standard InChI is InChI=1S/C24H18I2N2O6S/c1-3-32-23(31)19-11(2)27-24-28(20(19)12-4-5-16-17(7-12)34-10-33-16)22(30)18(35-24)8-13-6-14(25)9-15(26)21(13)29/h4-9,20,29H,3,10H2,1-2H3/b18-8-/t20-/m1/s1. The van der Waals surface area contributed by atoms with Crippen molar-refractivity contribution >= 4 is 68.6 Å². The van der Waals surface area contributed by atoms with Gasteiger partial charge in [0.15, 0.2) is 16.3 Å². The SMILES string of the molecule is CCOC(=O)C1=C(C)N=c2s/c(=C\c3cc(I)cc(I)c3O)c(=O)n2[C@@H]1c1ccc2c(c1)OCO2. The number of esters is 1. The highest BCUT2D eigenvalue weighted by Gasteiger charge is 2.34. The molecule has 0 saturated carbocycles. The second-order valence-electron chi connectivity index (χ2n) is 7.74. The molecule has 11 heteroatoms. The van der Waals surface area contributed by atoms with Gasteiger partial charge in [-0.1, -0.05) is 17.4 Å². The van der Waals surface area contributed by atoms with Gasteiger partial charge in [-0.3, -0.25) is 9.36 Å². The van der Waals surface area contributed by atoms with Crippen LogP contribution < -0.4 is 24.4 Å². The van der Waals surface area contributed by atoms with Crippen molar-refractivity contribution in [2.45, 2.75) is 19.9 Å². The third-order valence-electron chi connectivity index (χ3n) is 5.57. The van der Waals surface area contributed by atoms with Crippen molar-refractivity contribution < 1.29 is 24.1 Å². The number of phenols is 1. The maximum Gasteiger partial charge on any atom is 0.338 e. The first-order valence-electron chi connectivity index (χ1n) is 10.6. The van der Waals surface area contributed by atoms with Crippen molar-refractivity contribution in [2.75, 3.05) is 13.4 Å². The van der Waals surface area contributed by atoms with Crippen LogP contribution in [0.2, 0.25) is 0 Å². The van der Waals surface area contributed by atoms with E-state index in [0.29, 0.717) is 41.2 Å². The highest BCUT2D eigenvalue weighted by molar-refractivity contribution is 14.1. The van der Waals surface area contributed by atoms with E-state index in [1.54, 1.807) is 44.2 Å². The summed E-state index contributed by atoms with van der Waals surface area (Å²) in [6.45, 7) is 3.77. The van der Waals surface area contributed by atoms with Gasteiger partial charge in [-0.25, -0.2) is 9.79 Å². The summed E-state index contributed by atoms with van der Waals surface area (Å²) in [6, 6.07) is 8.24. The van der Waals surface area contributed by atoms with Gasteiger partial charge in [-0.2, -0.15) is 0 Å². The van der Waals surface area contributed by atoms with Crippen molar-refractivity contribution in [1.82, 2.24) is 4.57 Å². The average Bonchev–Trinajstić information content (AvgIpc) is 3.40. The van der Waals surface area contributed by atoms with Crippen LogP contribution in [0.1, 0.15) is 31.0 Å². The van der Waals surface area contributed by atoms with Crippen LogP contribution in [0, 0.1) is 7.14 Å². The van der Waals surface area contributed by atoms with E-state index in [2.05, 4.69) is 50.2 Å². The highest BCUT2D eigenvalue weighted by atomic mass is 127. The highest BCUT2D eigenvalue weighted by Crippen LogP contribution is 2.38. The van der Waals surface area contributed by atoms with E-state index in [4.69, 9.17) is 14.2 Å². The van der Waals surface area contributed by atoms with Crippen molar-refractivity contribution in [3.05, 3.63) is 79.6 Å². The zero-order valence-corrected chi connectivity index (χ0v) is 23.6. The van der Waals surface area contributed by atoms with Crippen LogP contribution in [-0.2, 0) is 9.53 Å². The Hall–Kier alpha value is -2.39. The van der Waals surface area contributed by atoms with Crippen molar-refractivity contribution in [3.8, 4) is 17.2 Å². The molecule has 8 nitrogen and oxygen atoms in total. The van der Waals surface area contributed by atoms with Crippen LogP contribution >= 0.6 is 56.5 Å². The lowest BCUT2D eigenvalue weighted by molar-refractivity contribution is -0.139. The fraction of sp³-hybridized carbons (Fsp3) is 0.208. The minimum absolute atomic E-state index is 0.104. The van der Waals surface area contributed by atoms with E-state index in [9.17, 15) is 14.7 Å². The molecular weight excluding hydrogens is 698 g/mol. The Balaban J connectivity index is 1.75. The molecule has 1 atom stereocenters. The molecule has 2 aliphatic rings. The Bertz CT molecular complexity index is 1590. The number of aromatic nitrogens is 1. The summed E-state index contributed by atoms with van der Waals surface area (Å²) in [5, 5.41) is 10.5. The van der Waals surface area contributed by atoms with Crippen LogP contribution in [0.25, 0.3) is 6.08 Å². The monoisotopic (exact) mass is 716 g/mol. The second-order valence-corrected chi connectivity index (χ2v) is 11.2. The van der Waals surface area contributed by atoms with Gasteiger partial charge in [0, 0.05) is 9.13 Å². The smallest absolute Gasteiger partial charge is 0.338 e. The van der Waals surface area contributed by atoms with Crippen LogP contribution in [0.5, 0.6) is 17.2 Å². The van der Waals surface area contributed by atoms with Crippen LogP contribution in [-0.4, -0.2) is 29.0 Å². The van der Waals surface area contributed by atoms with E-state index in [0.717, 1.165) is 3.57 Å². The Morgan fingerprint density at radius 2 is 2.06 bits per heavy atom. The number of carbonyl (C=O) groups is 1. The van der Waals surface area contributed by atoms with E-state index < -0.39 is 12.0 Å². The summed E-state index contributed by atoms with van der Waals surface area (Å²) in [6.07, 6.45) is 1.66. The molecule has 0 saturated heterocycles. The van der Waals surface area contributed by atoms with Crippen LogP contribution in [0.3, 0.4) is 0 Å².